The van der Waals surface area contributed by atoms with E-state index >= 15 is 0 Å². The van der Waals surface area contributed by atoms with Gasteiger partial charge in [-0.1, -0.05) is 54.6 Å². The summed E-state index contributed by atoms with van der Waals surface area (Å²) < 4.78 is 7.00. The molecular weight excluding hydrogens is 376 g/mol. The van der Waals surface area contributed by atoms with Crippen molar-refractivity contribution in [3.8, 4) is 28.3 Å². The van der Waals surface area contributed by atoms with Gasteiger partial charge in [0.25, 0.3) is 0 Å². The zero-order valence-corrected chi connectivity index (χ0v) is 16.4. The molecule has 4 aromatic rings. The van der Waals surface area contributed by atoms with Crippen LogP contribution in [0.1, 0.15) is 24.8 Å². The quantitative estimate of drug-likeness (QED) is 0.530. The van der Waals surface area contributed by atoms with Crippen LogP contribution in [0.5, 0.6) is 5.75 Å². The second-order valence-corrected chi connectivity index (χ2v) is 7.78. The second-order valence-electron chi connectivity index (χ2n) is 7.78. The number of nitrogens with two attached hydrogens (primary N) is 2. The van der Waals surface area contributed by atoms with E-state index in [0.717, 1.165) is 41.0 Å². The number of carbonyl (C=O) groups excluding carboxylic acids is 1. The topological polar surface area (TPSA) is 95.6 Å². The van der Waals surface area contributed by atoms with Crippen LogP contribution in [0.4, 0.5) is 4.79 Å². The third kappa shape index (κ3) is 3.11. The van der Waals surface area contributed by atoms with Crippen molar-refractivity contribution in [2.75, 3.05) is 0 Å². The normalized spacial score (nSPS) is 15.0. The number of pyridine rings is 1. The van der Waals surface area contributed by atoms with Crippen LogP contribution in [0.25, 0.3) is 28.2 Å². The van der Waals surface area contributed by atoms with Gasteiger partial charge in [-0.15, -0.1) is 0 Å². The van der Waals surface area contributed by atoms with Crippen molar-refractivity contribution in [3.05, 3.63) is 78.5 Å². The number of amides is 1. The van der Waals surface area contributed by atoms with E-state index in [0.29, 0.717) is 5.75 Å². The number of ether oxygens (including phenoxy) is 1. The standard InChI is InChI=1S/C24H22N4O2/c25-23(29)30-19-11-12-20-27-21(22(28(20)15-19)17-5-2-1-3-6-17)16-7-9-18(10-8-16)24(26)13-4-14-24/h1-3,5-12,15H,4,13-14,26H2,(H2,25,29). The first kappa shape index (κ1) is 18.4. The fourth-order valence-corrected chi connectivity index (χ4v) is 4.08. The van der Waals surface area contributed by atoms with Crippen LogP contribution in [0.15, 0.2) is 72.9 Å². The number of primary amides is 1. The van der Waals surface area contributed by atoms with Crippen LogP contribution in [0, 0.1) is 0 Å². The molecule has 2 heterocycles. The van der Waals surface area contributed by atoms with E-state index in [4.69, 9.17) is 21.2 Å². The summed E-state index contributed by atoms with van der Waals surface area (Å²) in [4.78, 5) is 16.1. The lowest BCUT2D eigenvalue weighted by molar-refractivity contribution is 0.210. The third-order valence-corrected chi connectivity index (χ3v) is 5.84. The fourth-order valence-electron chi connectivity index (χ4n) is 4.08. The molecule has 2 aromatic heterocycles. The molecule has 0 radical (unpaired) electrons. The van der Waals surface area contributed by atoms with Crippen LogP contribution in [0.2, 0.25) is 0 Å². The lowest BCUT2D eigenvalue weighted by Gasteiger charge is -2.38. The van der Waals surface area contributed by atoms with Gasteiger partial charge in [-0.25, -0.2) is 9.78 Å². The van der Waals surface area contributed by atoms with Gasteiger partial charge < -0.3 is 16.2 Å². The molecule has 1 saturated carbocycles. The molecule has 0 bridgehead atoms. The summed E-state index contributed by atoms with van der Waals surface area (Å²) in [6.07, 6.45) is 4.12. The summed E-state index contributed by atoms with van der Waals surface area (Å²) in [7, 11) is 0. The Bertz CT molecular complexity index is 1230. The van der Waals surface area contributed by atoms with Crippen molar-refractivity contribution in [1.29, 1.82) is 0 Å². The molecule has 0 unspecified atom stereocenters. The minimum atomic E-state index is -0.849. The monoisotopic (exact) mass is 398 g/mol. The Labute approximate surface area is 174 Å². The van der Waals surface area contributed by atoms with E-state index in [2.05, 4.69) is 24.3 Å². The highest BCUT2D eigenvalue weighted by Gasteiger charge is 2.34. The predicted octanol–water partition coefficient (Wildman–Crippen LogP) is 4.46. The number of rotatable bonds is 4. The smallest absolute Gasteiger partial charge is 0.409 e. The number of imidazole rings is 1. The van der Waals surface area contributed by atoms with Crippen molar-refractivity contribution in [3.63, 3.8) is 0 Å². The molecule has 1 amide bonds. The van der Waals surface area contributed by atoms with Crippen molar-refractivity contribution in [2.45, 2.75) is 24.8 Å². The largest absolute Gasteiger partial charge is 0.410 e. The average molecular weight is 398 g/mol. The number of carbonyl (C=O) groups is 1. The number of fused-ring (bicyclic) bond motifs is 1. The van der Waals surface area contributed by atoms with E-state index in [-0.39, 0.29) is 5.54 Å². The molecule has 0 spiro atoms. The summed E-state index contributed by atoms with van der Waals surface area (Å²) in [5.41, 5.74) is 17.2. The SMILES string of the molecule is NC(=O)Oc1ccc2nc(-c3ccc(C4(N)CCC4)cc3)c(-c3ccccc3)n2c1. The minimum absolute atomic E-state index is 0.194. The molecule has 1 aliphatic carbocycles. The Morgan fingerprint density at radius 1 is 0.967 bits per heavy atom. The second kappa shape index (κ2) is 7.00. The molecule has 150 valence electrons. The third-order valence-electron chi connectivity index (χ3n) is 5.84. The first-order valence-electron chi connectivity index (χ1n) is 9.98. The van der Waals surface area contributed by atoms with Gasteiger partial charge in [-0.2, -0.15) is 0 Å². The highest BCUT2D eigenvalue weighted by atomic mass is 16.5. The van der Waals surface area contributed by atoms with Crippen molar-refractivity contribution in [1.82, 2.24) is 9.38 Å². The van der Waals surface area contributed by atoms with E-state index < -0.39 is 6.09 Å². The van der Waals surface area contributed by atoms with Gasteiger partial charge in [0.1, 0.15) is 11.4 Å². The highest BCUT2D eigenvalue weighted by Crippen LogP contribution is 2.40. The van der Waals surface area contributed by atoms with Gasteiger partial charge in [0, 0.05) is 16.7 Å². The van der Waals surface area contributed by atoms with E-state index in [1.807, 2.05) is 40.8 Å². The first-order valence-corrected chi connectivity index (χ1v) is 9.98. The Morgan fingerprint density at radius 3 is 2.33 bits per heavy atom. The molecule has 0 saturated heterocycles. The number of nitrogens with zero attached hydrogens (tertiary/aromatic N) is 2. The molecule has 0 atom stereocenters. The molecule has 2 aromatic carbocycles. The Hall–Kier alpha value is -3.64. The number of hydrogen-bond donors (Lipinski definition) is 2. The van der Waals surface area contributed by atoms with Crippen LogP contribution in [-0.2, 0) is 5.54 Å². The average Bonchev–Trinajstić information content (AvgIpc) is 3.11. The van der Waals surface area contributed by atoms with Gasteiger partial charge >= 0.3 is 6.09 Å². The van der Waals surface area contributed by atoms with E-state index in [1.165, 1.54) is 12.0 Å². The van der Waals surface area contributed by atoms with Crippen LogP contribution < -0.4 is 16.2 Å². The minimum Gasteiger partial charge on any atom is -0.409 e. The maximum atomic E-state index is 11.2. The Kier molecular flexibility index (Phi) is 4.29. The summed E-state index contributed by atoms with van der Waals surface area (Å²) >= 11 is 0. The highest BCUT2D eigenvalue weighted by molar-refractivity contribution is 5.82. The number of benzene rings is 2. The molecular formula is C24H22N4O2. The zero-order valence-electron chi connectivity index (χ0n) is 16.4. The summed E-state index contributed by atoms with van der Waals surface area (Å²) in [5, 5.41) is 0. The maximum Gasteiger partial charge on any atom is 0.410 e. The summed E-state index contributed by atoms with van der Waals surface area (Å²) in [6, 6.07) is 21.9. The van der Waals surface area contributed by atoms with Gasteiger partial charge in [0.15, 0.2) is 0 Å². The molecule has 6 heteroatoms. The van der Waals surface area contributed by atoms with Gasteiger partial charge in [-0.05, 0) is 37.0 Å². The molecule has 0 aliphatic heterocycles. The van der Waals surface area contributed by atoms with Gasteiger partial charge in [0.05, 0.1) is 17.6 Å². The Balaban J connectivity index is 1.66. The van der Waals surface area contributed by atoms with E-state index in [1.54, 1.807) is 12.3 Å². The fraction of sp³-hybridized carbons (Fsp3) is 0.167. The molecule has 1 fully saturated rings. The Morgan fingerprint density at radius 2 is 1.70 bits per heavy atom. The van der Waals surface area contributed by atoms with Crippen molar-refractivity contribution < 1.29 is 9.53 Å². The first-order chi connectivity index (χ1) is 14.5. The van der Waals surface area contributed by atoms with Gasteiger partial charge in [-0.3, -0.25) is 4.40 Å². The van der Waals surface area contributed by atoms with Crippen molar-refractivity contribution in [2.24, 2.45) is 11.5 Å². The number of hydrogen-bond acceptors (Lipinski definition) is 4. The molecule has 30 heavy (non-hydrogen) atoms. The molecule has 5 rings (SSSR count). The maximum absolute atomic E-state index is 11.2. The van der Waals surface area contributed by atoms with E-state index in [9.17, 15) is 4.79 Å². The lowest BCUT2D eigenvalue weighted by Crippen LogP contribution is -2.43. The zero-order chi connectivity index (χ0) is 20.7. The van der Waals surface area contributed by atoms with Crippen LogP contribution >= 0.6 is 0 Å². The molecule has 4 N–H and O–H groups in total. The molecule has 6 nitrogen and oxygen atoms in total. The lowest BCUT2D eigenvalue weighted by atomic mass is 9.72. The number of aromatic nitrogens is 2. The molecule has 1 aliphatic rings. The van der Waals surface area contributed by atoms with Crippen molar-refractivity contribution >= 4 is 11.7 Å². The van der Waals surface area contributed by atoms with Crippen LogP contribution in [-0.4, -0.2) is 15.5 Å². The summed E-state index contributed by atoms with van der Waals surface area (Å²) in [5.74, 6) is 0.363. The predicted molar refractivity (Wildman–Crippen MR) is 116 cm³/mol. The summed E-state index contributed by atoms with van der Waals surface area (Å²) in [6.45, 7) is 0. The van der Waals surface area contributed by atoms with Crippen LogP contribution in [0.3, 0.4) is 0 Å². The van der Waals surface area contributed by atoms with Gasteiger partial charge in [0.2, 0.25) is 0 Å².